The van der Waals surface area contributed by atoms with Crippen LogP contribution < -0.4 is 4.74 Å². The van der Waals surface area contributed by atoms with Crippen molar-refractivity contribution in [2.24, 2.45) is 0 Å². The Morgan fingerprint density at radius 1 is 1.08 bits per heavy atom. The lowest BCUT2D eigenvalue weighted by Crippen LogP contribution is -2.12. The van der Waals surface area contributed by atoms with Crippen LogP contribution in [0.4, 0.5) is 0 Å². The Morgan fingerprint density at radius 2 is 1.83 bits per heavy atom. The molecule has 0 amide bonds. The number of carbonyl (C=O) groups is 1. The summed E-state index contributed by atoms with van der Waals surface area (Å²) in [5.41, 5.74) is 1.37. The van der Waals surface area contributed by atoms with Gasteiger partial charge in [-0.15, -0.1) is 0 Å². The van der Waals surface area contributed by atoms with Crippen molar-refractivity contribution in [3.8, 4) is 5.75 Å². The van der Waals surface area contributed by atoms with Crippen molar-refractivity contribution < 1.29 is 14.3 Å². The highest BCUT2D eigenvalue weighted by Gasteiger charge is 2.20. The molecule has 0 N–H and O–H groups in total. The van der Waals surface area contributed by atoms with Gasteiger partial charge in [0.25, 0.3) is 0 Å². The minimum Gasteiger partial charge on any atom is -0.493 e. The van der Waals surface area contributed by atoms with Crippen LogP contribution in [0.15, 0.2) is 60.9 Å². The van der Waals surface area contributed by atoms with Crippen LogP contribution in [0, 0.1) is 0 Å². The molecule has 0 aliphatic carbocycles. The smallest absolute Gasteiger partial charge is 0.343 e. The molecule has 0 bridgehead atoms. The van der Waals surface area contributed by atoms with Crippen LogP contribution in [0.25, 0.3) is 10.8 Å². The first-order valence-electron chi connectivity index (χ1n) is 7.96. The average molecular weight is 321 g/mol. The zero-order valence-electron chi connectivity index (χ0n) is 13.7. The van der Waals surface area contributed by atoms with Gasteiger partial charge in [0, 0.05) is 12.4 Å². The molecule has 1 heterocycles. The summed E-state index contributed by atoms with van der Waals surface area (Å²) in [6, 6.07) is 15.2. The second-order valence-electron chi connectivity index (χ2n) is 5.42. The molecule has 24 heavy (non-hydrogen) atoms. The van der Waals surface area contributed by atoms with E-state index < -0.39 is 0 Å². The maximum atomic E-state index is 12.8. The number of aromatic nitrogens is 1. The Hall–Kier alpha value is -2.88. The number of hydrogen-bond donors (Lipinski definition) is 0. The topological polar surface area (TPSA) is 48.4 Å². The van der Waals surface area contributed by atoms with Gasteiger partial charge >= 0.3 is 5.97 Å². The number of rotatable bonds is 5. The molecule has 3 aromatic rings. The van der Waals surface area contributed by atoms with Crippen LogP contribution in [-0.2, 0) is 4.74 Å². The van der Waals surface area contributed by atoms with Crippen molar-refractivity contribution in [1.82, 2.24) is 4.98 Å². The summed E-state index contributed by atoms with van der Waals surface area (Å²) in [7, 11) is 0. The van der Waals surface area contributed by atoms with E-state index in [1.165, 1.54) is 0 Å². The molecule has 1 atom stereocenters. The summed E-state index contributed by atoms with van der Waals surface area (Å²) in [6.45, 7) is 4.22. The van der Waals surface area contributed by atoms with E-state index in [9.17, 15) is 4.79 Å². The van der Waals surface area contributed by atoms with E-state index in [-0.39, 0.29) is 12.1 Å². The SMILES string of the molecule is CCOc1ccc2ccccc2c1C(=O)O[C@H](C)c1ccncc1. The lowest BCUT2D eigenvalue weighted by atomic mass is 10.0. The van der Waals surface area contributed by atoms with E-state index in [1.807, 2.05) is 62.4 Å². The summed E-state index contributed by atoms with van der Waals surface area (Å²) < 4.78 is 11.3. The van der Waals surface area contributed by atoms with Gasteiger partial charge in [-0.1, -0.05) is 30.3 Å². The molecule has 0 saturated heterocycles. The third kappa shape index (κ3) is 3.23. The highest BCUT2D eigenvalue weighted by atomic mass is 16.5. The number of nitrogens with zero attached hydrogens (tertiary/aromatic N) is 1. The standard InChI is InChI=1S/C20H19NO3/c1-3-23-18-9-8-16-6-4-5-7-17(16)19(18)20(22)24-14(2)15-10-12-21-13-11-15/h4-14H,3H2,1-2H3/t14-/m1/s1. The minimum atomic E-state index is -0.389. The van der Waals surface area contributed by atoms with E-state index in [0.29, 0.717) is 17.9 Å². The molecule has 4 heteroatoms. The maximum absolute atomic E-state index is 12.8. The monoisotopic (exact) mass is 321 g/mol. The van der Waals surface area contributed by atoms with E-state index >= 15 is 0 Å². The van der Waals surface area contributed by atoms with Gasteiger partial charge in [0.15, 0.2) is 0 Å². The Morgan fingerprint density at radius 3 is 2.58 bits per heavy atom. The molecule has 0 radical (unpaired) electrons. The van der Waals surface area contributed by atoms with E-state index in [2.05, 4.69) is 4.98 Å². The molecule has 122 valence electrons. The predicted molar refractivity (Wildman–Crippen MR) is 93.2 cm³/mol. The molecule has 3 rings (SSSR count). The number of hydrogen-bond acceptors (Lipinski definition) is 4. The van der Waals surface area contributed by atoms with Gasteiger partial charge in [-0.2, -0.15) is 0 Å². The minimum absolute atomic E-state index is 0.367. The highest BCUT2D eigenvalue weighted by molar-refractivity contribution is 6.07. The largest absolute Gasteiger partial charge is 0.493 e. The highest BCUT2D eigenvalue weighted by Crippen LogP contribution is 2.30. The second-order valence-corrected chi connectivity index (χ2v) is 5.42. The van der Waals surface area contributed by atoms with Crippen LogP contribution in [0.5, 0.6) is 5.75 Å². The lowest BCUT2D eigenvalue weighted by molar-refractivity contribution is 0.0336. The van der Waals surface area contributed by atoms with Gasteiger partial charge in [0.05, 0.1) is 6.61 Å². The number of ether oxygens (including phenoxy) is 2. The number of benzene rings is 2. The van der Waals surface area contributed by atoms with Crippen LogP contribution >= 0.6 is 0 Å². The van der Waals surface area contributed by atoms with Gasteiger partial charge in [0.1, 0.15) is 17.4 Å². The zero-order valence-corrected chi connectivity index (χ0v) is 13.7. The van der Waals surface area contributed by atoms with E-state index in [0.717, 1.165) is 16.3 Å². The molecule has 0 spiro atoms. The summed E-state index contributed by atoms with van der Waals surface area (Å²) in [6.07, 6.45) is 3.00. The van der Waals surface area contributed by atoms with Crippen LogP contribution in [0.2, 0.25) is 0 Å². The molecular weight excluding hydrogens is 302 g/mol. The maximum Gasteiger partial charge on any atom is 0.343 e. The first kappa shape index (κ1) is 16.0. The third-order valence-electron chi connectivity index (χ3n) is 3.85. The van der Waals surface area contributed by atoms with E-state index in [4.69, 9.17) is 9.47 Å². The second kappa shape index (κ2) is 7.13. The number of esters is 1. The third-order valence-corrected chi connectivity index (χ3v) is 3.85. The van der Waals surface area contributed by atoms with Crippen LogP contribution in [-0.4, -0.2) is 17.6 Å². The predicted octanol–water partition coefficient (Wildman–Crippen LogP) is 4.55. The van der Waals surface area contributed by atoms with Crippen molar-refractivity contribution in [2.75, 3.05) is 6.61 Å². The molecular formula is C20H19NO3. The van der Waals surface area contributed by atoms with Gasteiger partial charge in [-0.25, -0.2) is 4.79 Å². The molecule has 0 aliphatic heterocycles. The molecule has 0 aliphatic rings. The van der Waals surface area contributed by atoms with Crippen molar-refractivity contribution in [2.45, 2.75) is 20.0 Å². The van der Waals surface area contributed by atoms with Crippen LogP contribution in [0.1, 0.15) is 35.9 Å². The molecule has 1 aromatic heterocycles. The Labute approximate surface area is 141 Å². The fourth-order valence-electron chi connectivity index (χ4n) is 2.66. The first-order chi connectivity index (χ1) is 11.7. The summed E-state index contributed by atoms with van der Waals surface area (Å²) >= 11 is 0. The molecule has 0 saturated carbocycles. The Bertz CT molecular complexity index is 846. The first-order valence-corrected chi connectivity index (χ1v) is 7.96. The normalized spacial score (nSPS) is 11.9. The van der Waals surface area contributed by atoms with Gasteiger partial charge in [0.2, 0.25) is 0 Å². The molecule has 0 fully saturated rings. The Kier molecular flexibility index (Phi) is 4.75. The summed E-state index contributed by atoms with van der Waals surface area (Å²) in [5.74, 6) is 0.155. The average Bonchev–Trinajstić information content (AvgIpc) is 2.62. The van der Waals surface area contributed by atoms with Crippen molar-refractivity contribution in [3.63, 3.8) is 0 Å². The summed E-state index contributed by atoms with van der Waals surface area (Å²) in [4.78, 5) is 16.8. The quantitative estimate of drug-likeness (QED) is 0.647. The van der Waals surface area contributed by atoms with Gasteiger partial charge in [-0.05, 0) is 48.4 Å². The Balaban J connectivity index is 1.97. The van der Waals surface area contributed by atoms with Gasteiger partial charge < -0.3 is 9.47 Å². The number of fused-ring (bicyclic) bond motifs is 1. The molecule has 4 nitrogen and oxygen atoms in total. The van der Waals surface area contributed by atoms with Crippen molar-refractivity contribution in [3.05, 3.63) is 72.1 Å². The molecule has 0 unspecified atom stereocenters. The van der Waals surface area contributed by atoms with Gasteiger partial charge in [-0.3, -0.25) is 4.98 Å². The van der Waals surface area contributed by atoms with E-state index in [1.54, 1.807) is 12.4 Å². The fraction of sp³-hybridized carbons (Fsp3) is 0.200. The number of pyridine rings is 1. The lowest BCUT2D eigenvalue weighted by Gasteiger charge is -2.17. The zero-order chi connectivity index (χ0) is 16.9. The van der Waals surface area contributed by atoms with Crippen molar-refractivity contribution >= 4 is 16.7 Å². The molecule has 2 aromatic carbocycles. The van der Waals surface area contributed by atoms with Crippen LogP contribution in [0.3, 0.4) is 0 Å². The number of carbonyl (C=O) groups excluding carboxylic acids is 1. The fourth-order valence-corrected chi connectivity index (χ4v) is 2.66. The van der Waals surface area contributed by atoms with Crippen molar-refractivity contribution in [1.29, 1.82) is 0 Å². The summed E-state index contributed by atoms with van der Waals surface area (Å²) in [5, 5.41) is 1.81.